The molecular formula is C19H21NO8S2. The first-order valence-corrected chi connectivity index (χ1v) is 11.5. The highest BCUT2D eigenvalue weighted by Crippen LogP contribution is 2.37. The van der Waals surface area contributed by atoms with E-state index in [4.69, 9.17) is 9.11 Å². The molecule has 2 N–H and O–H groups in total. The van der Waals surface area contributed by atoms with Crippen LogP contribution in [-0.4, -0.2) is 31.5 Å². The largest absolute Gasteiger partial charge is 0.446 e. The average Bonchev–Trinajstić information content (AvgIpc) is 2.54. The summed E-state index contributed by atoms with van der Waals surface area (Å²) in [7, 11) is -9.34. The Morgan fingerprint density at radius 3 is 1.87 bits per heavy atom. The van der Waals surface area contributed by atoms with Crippen molar-refractivity contribution in [3.63, 3.8) is 0 Å². The molecule has 1 aliphatic heterocycles. The van der Waals surface area contributed by atoms with Gasteiger partial charge in [-0.05, 0) is 61.7 Å². The molecule has 0 spiro atoms. The molecule has 0 aliphatic carbocycles. The molecule has 0 saturated carbocycles. The summed E-state index contributed by atoms with van der Waals surface area (Å²) in [6.45, 7) is 6.18. The third-order valence-corrected chi connectivity index (χ3v) is 5.20. The van der Waals surface area contributed by atoms with Crippen LogP contribution in [0.1, 0.15) is 37.5 Å². The van der Waals surface area contributed by atoms with E-state index in [1.165, 1.54) is 24.3 Å². The predicted molar refractivity (Wildman–Crippen MR) is 112 cm³/mol. The Morgan fingerprint density at radius 2 is 1.33 bits per heavy atom. The van der Waals surface area contributed by atoms with E-state index in [1.807, 2.05) is 37.8 Å². The maximum Gasteiger partial charge on any atom is 0.446 e. The maximum atomic E-state index is 11.1. The molecule has 0 aromatic heterocycles. The topological polar surface area (TPSA) is 130 Å². The summed E-state index contributed by atoms with van der Waals surface area (Å²) in [5.41, 5.74) is 2.53. The van der Waals surface area contributed by atoms with Crippen LogP contribution >= 0.6 is 0 Å². The second kappa shape index (κ2) is 7.58. The van der Waals surface area contributed by atoms with Crippen molar-refractivity contribution in [1.29, 1.82) is 0 Å². The van der Waals surface area contributed by atoms with Crippen molar-refractivity contribution in [3.05, 3.63) is 53.1 Å². The number of anilines is 1. The second-order valence-electron chi connectivity index (χ2n) is 7.69. The molecule has 3 rings (SSSR count). The van der Waals surface area contributed by atoms with Gasteiger partial charge in [0.25, 0.3) is 0 Å². The van der Waals surface area contributed by atoms with Crippen LogP contribution in [-0.2, 0) is 27.3 Å². The molecule has 1 heterocycles. The van der Waals surface area contributed by atoms with E-state index < -0.39 is 26.3 Å². The normalized spacial score (nSPS) is 15.4. The molecule has 0 saturated heterocycles. The molecular weight excluding hydrogens is 434 g/mol. The van der Waals surface area contributed by atoms with Crippen LogP contribution in [0.2, 0.25) is 0 Å². The lowest BCUT2D eigenvalue weighted by atomic mass is 9.96. The van der Waals surface area contributed by atoms with Gasteiger partial charge in [0, 0.05) is 23.8 Å². The smallest absolute Gasteiger partial charge is 0.362 e. The van der Waals surface area contributed by atoms with Crippen LogP contribution in [0.25, 0.3) is 12.2 Å². The molecule has 0 unspecified atom stereocenters. The van der Waals surface area contributed by atoms with Crippen LogP contribution in [0.3, 0.4) is 0 Å². The lowest BCUT2D eigenvalue weighted by Crippen LogP contribution is -2.41. The van der Waals surface area contributed by atoms with Crippen molar-refractivity contribution >= 4 is 38.6 Å². The minimum absolute atomic E-state index is 0.0391. The van der Waals surface area contributed by atoms with Crippen molar-refractivity contribution in [2.45, 2.75) is 32.9 Å². The fraction of sp³-hybridized carbons (Fsp3) is 0.263. The third kappa shape index (κ3) is 5.51. The molecule has 2 aromatic carbocycles. The van der Waals surface area contributed by atoms with E-state index >= 15 is 0 Å². The van der Waals surface area contributed by atoms with Gasteiger partial charge in [0.2, 0.25) is 0 Å². The molecule has 30 heavy (non-hydrogen) atoms. The molecule has 0 amide bonds. The zero-order valence-corrected chi connectivity index (χ0v) is 18.1. The van der Waals surface area contributed by atoms with E-state index in [-0.39, 0.29) is 11.5 Å². The van der Waals surface area contributed by atoms with E-state index in [2.05, 4.69) is 8.37 Å². The lowest BCUT2D eigenvalue weighted by molar-refractivity contribution is 0.384. The summed E-state index contributed by atoms with van der Waals surface area (Å²) in [5, 5.41) is 0. The van der Waals surface area contributed by atoms with Gasteiger partial charge in [-0.25, -0.2) is 0 Å². The van der Waals surface area contributed by atoms with Crippen LogP contribution < -0.4 is 13.3 Å². The molecule has 0 radical (unpaired) electrons. The first kappa shape index (κ1) is 22.1. The number of fused-ring (bicyclic) bond motifs is 2. The van der Waals surface area contributed by atoms with Crippen molar-refractivity contribution in [3.8, 4) is 11.5 Å². The number of hydrogen-bond donors (Lipinski definition) is 2. The Balaban J connectivity index is 2.13. The standard InChI is InChI=1S/C19H21NO8S2/c1-19(2,3)20-12-15-10-16(27-29(21,22)23)8-6-13(15)4-5-14-7-9-17(11-18(14)20)28-30(24,25)26/h4-11H,12H2,1-3H3,(H,21,22,23)(H,24,25,26)/b5-4-. The predicted octanol–water partition coefficient (Wildman–Crippen LogP) is 3.34. The molecule has 9 nitrogen and oxygen atoms in total. The first-order chi connectivity index (χ1) is 13.7. The number of benzene rings is 2. The van der Waals surface area contributed by atoms with Crippen LogP contribution in [0.4, 0.5) is 5.69 Å². The molecule has 162 valence electrons. The SMILES string of the molecule is CC(C)(C)N1Cc2cc(OS(=O)(=O)O)ccc2/C=C\c2ccc(OS(=O)(=O)O)cc21. The van der Waals surface area contributed by atoms with E-state index in [1.54, 1.807) is 12.1 Å². The molecule has 11 heteroatoms. The van der Waals surface area contributed by atoms with Gasteiger partial charge in [0.05, 0.1) is 0 Å². The fourth-order valence-electron chi connectivity index (χ4n) is 3.16. The molecule has 0 bridgehead atoms. The van der Waals surface area contributed by atoms with Crippen LogP contribution in [0.5, 0.6) is 11.5 Å². The van der Waals surface area contributed by atoms with Crippen molar-refractivity contribution in [2.75, 3.05) is 4.90 Å². The Hall–Kier alpha value is -2.60. The van der Waals surface area contributed by atoms with Gasteiger partial charge in [-0.15, -0.1) is 0 Å². The maximum absolute atomic E-state index is 11.1. The van der Waals surface area contributed by atoms with Crippen LogP contribution in [0.15, 0.2) is 36.4 Å². The Morgan fingerprint density at radius 1 is 0.833 bits per heavy atom. The minimum Gasteiger partial charge on any atom is -0.362 e. The van der Waals surface area contributed by atoms with Crippen LogP contribution in [0, 0.1) is 0 Å². The average molecular weight is 456 g/mol. The summed E-state index contributed by atoms with van der Waals surface area (Å²) in [5.74, 6) is -0.0917. The summed E-state index contributed by atoms with van der Waals surface area (Å²) < 4.78 is 71.5. The molecule has 0 fully saturated rings. The zero-order valence-electron chi connectivity index (χ0n) is 16.4. The lowest BCUT2D eigenvalue weighted by Gasteiger charge is -2.40. The minimum atomic E-state index is -4.68. The highest BCUT2D eigenvalue weighted by molar-refractivity contribution is 7.81. The van der Waals surface area contributed by atoms with E-state index in [0.29, 0.717) is 17.8 Å². The summed E-state index contributed by atoms with van der Waals surface area (Å²) in [6, 6.07) is 9.23. The fourth-order valence-corrected chi connectivity index (χ4v) is 3.85. The third-order valence-electron chi connectivity index (χ3n) is 4.39. The highest BCUT2D eigenvalue weighted by Gasteiger charge is 2.27. The van der Waals surface area contributed by atoms with Crippen molar-refractivity contribution in [2.24, 2.45) is 0 Å². The van der Waals surface area contributed by atoms with Gasteiger partial charge in [-0.3, -0.25) is 9.11 Å². The number of nitrogens with zero attached hydrogens (tertiary/aromatic N) is 1. The van der Waals surface area contributed by atoms with Crippen molar-refractivity contribution < 1.29 is 34.3 Å². The summed E-state index contributed by atoms with van der Waals surface area (Å²) >= 11 is 0. The van der Waals surface area contributed by atoms with Crippen molar-refractivity contribution in [1.82, 2.24) is 0 Å². The van der Waals surface area contributed by atoms with E-state index in [0.717, 1.165) is 11.1 Å². The monoisotopic (exact) mass is 455 g/mol. The zero-order chi connectivity index (χ0) is 22.3. The summed E-state index contributed by atoms with van der Waals surface area (Å²) in [6.07, 6.45) is 3.65. The van der Waals surface area contributed by atoms with Gasteiger partial charge in [-0.1, -0.05) is 18.2 Å². The molecule has 0 atom stereocenters. The first-order valence-electron chi connectivity index (χ1n) is 8.78. The summed E-state index contributed by atoms with van der Waals surface area (Å²) in [4.78, 5) is 1.97. The van der Waals surface area contributed by atoms with Gasteiger partial charge >= 0.3 is 20.8 Å². The Bertz CT molecular complexity index is 1210. The van der Waals surface area contributed by atoms with Gasteiger partial charge in [0.1, 0.15) is 11.5 Å². The second-order valence-corrected chi connectivity index (χ2v) is 9.74. The molecule has 1 aliphatic rings. The molecule has 2 aromatic rings. The van der Waals surface area contributed by atoms with Gasteiger partial charge in [-0.2, -0.15) is 16.8 Å². The van der Waals surface area contributed by atoms with Gasteiger partial charge in [0.15, 0.2) is 0 Å². The quantitative estimate of drug-likeness (QED) is 0.666. The number of rotatable bonds is 4. The Kier molecular flexibility index (Phi) is 5.58. The van der Waals surface area contributed by atoms with E-state index in [9.17, 15) is 16.8 Å². The highest BCUT2D eigenvalue weighted by atomic mass is 32.3. The van der Waals surface area contributed by atoms with Gasteiger partial charge < -0.3 is 13.3 Å². The number of hydrogen-bond acceptors (Lipinski definition) is 7. The Labute approximate surface area is 175 Å².